The van der Waals surface area contributed by atoms with Crippen LogP contribution in [0.1, 0.15) is 5.69 Å². The lowest BCUT2D eigenvalue weighted by molar-refractivity contribution is -0.144. The van der Waals surface area contributed by atoms with Gasteiger partial charge in [0.2, 0.25) is 0 Å². The van der Waals surface area contributed by atoms with Gasteiger partial charge in [-0.15, -0.1) is 10.2 Å². The molecule has 2 aromatic heterocycles. The quantitative estimate of drug-likeness (QED) is 0.788. The van der Waals surface area contributed by atoms with Crippen molar-refractivity contribution < 1.29 is 13.2 Å². The Morgan fingerprint density at radius 1 is 1.20 bits per heavy atom. The van der Waals surface area contributed by atoms with Gasteiger partial charge in [0.05, 0.1) is 0 Å². The van der Waals surface area contributed by atoms with Crippen molar-refractivity contribution in [2.24, 2.45) is 7.05 Å². The summed E-state index contributed by atoms with van der Waals surface area (Å²) in [4.78, 5) is 23.6. The largest absolute Gasteiger partial charge is 0.431 e. The molecule has 0 amide bonds. The fraction of sp³-hybridized carbons (Fsp3) is 0.200. The van der Waals surface area contributed by atoms with Gasteiger partial charge < -0.3 is 0 Å². The van der Waals surface area contributed by atoms with E-state index < -0.39 is 23.1 Å². The zero-order chi connectivity index (χ0) is 15.1. The van der Waals surface area contributed by atoms with E-state index in [1.165, 1.54) is 12.1 Å². The van der Waals surface area contributed by atoms with E-state index in [4.69, 9.17) is 11.6 Å². The third-order valence-corrected chi connectivity index (χ3v) is 2.66. The van der Waals surface area contributed by atoms with Crippen LogP contribution >= 0.6 is 11.6 Å². The minimum atomic E-state index is -4.81. The van der Waals surface area contributed by atoms with E-state index in [-0.39, 0.29) is 11.0 Å². The van der Waals surface area contributed by atoms with Crippen LogP contribution in [0.4, 0.5) is 13.2 Å². The standard InChI is InChI=1S/C10H6ClF3N4O2/c1-17-5(10(12,13)14)4-8(19)18(9(17)20)7-3-2-6(11)15-16-7/h2-4H,1H3. The molecule has 0 bridgehead atoms. The Morgan fingerprint density at radius 3 is 2.35 bits per heavy atom. The van der Waals surface area contributed by atoms with E-state index >= 15 is 0 Å². The van der Waals surface area contributed by atoms with Gasteiger partial charge in [-0.25, -0.2) is 9.36 Å². The van der Waals surface area contributed by atoms with Gasteiger partial charge in [-0.3, -0.25) is 9.36 Å². The van der Waals surface area contributed by atoms with Crippen LogP contribution in [0.15, 0.2) is 27.8 Å². The molecule has 0 aliphatic carbocycles. The summed E-state index contributed by atoms with van der Waals surface area (Å²) in [5, 5.41) is 6.93. The second kappa shape index (κ2) is 4.75. The lowest BCUT2D eigenvalue weighted by Gasteiger charge is -2.13. The van der Waals surface area contributed by atoms with Crippen molar-refractivity contribution in [3.63, 3.8) is 0 Å². The molecule has 0 atom stereocenters. The first-order valence-corrected chi connectivity index (χ1v) is 5.49. The number of nitrogens with zero attached hydrogens (tertiary/aromatic N) is 4. The smallest absolute Gasteiger partial charge is 0.292 e. The number of hydrogen-bond donors (Lipinski definition) is 0. The van der Waals surface area contributed by atoms with Crippen LogP contribution in [0, 0.1) is 0 Å². The third kappa shape index (κ3) is 2.44. The molecule has 0 fully saturated rings. The van der Waals surface area contributed by atoms with Crippen LogP contribution < -0.4 is 11.2 Å². The Kier molecular flexibility index (Phi) is 3.38. The Bertz CT molecular complexity index is 764. The van der Waals surface area contributed by atoms with Crippen LogP contribution in [-0.2, 0) is 13.2 Å². The minimum absolute atomic E-state index is 0.0190. The molecule has 0 N–H and O–H groups in total. The van der Waals surface area contributed by atoms with Crippen molar-refractivity contribution in [2.75, 3.05) is 0 Å². The fourth-order valence-corrected chi connectivity index (χ4v) is 1.64. The summed E-state index contributed by atoms with van der Waals surface area (Å²) in [7, 11) is 0.907. The van der Waals surface area contributed by atoms with E-state index in [1.54, 1.807) is 0 Å². The molecule has 0 spiro atoms. The highest BCUT2D eigenvalue weighted by atomic mass is 35.5. The summed E-state index contributed by atoms with van der Waals surface area (Å²) in [6, 6.07) is 2.77. The molecule has 6 nitrogen and oxygen atoms in total. The maximum atomic E-state index is 12.6. The Hall–Kier alpha value is -2.16. The predicted octanol–water partition coefficient (Wildman–Crippen LogP) is 0.998. The summed E-state index contributed by atoms with van der Waals surface area (Å²) in [6.45, 7) is 0. The molecule has 0 saturated heterocycles. The zero-order valence-electron chi connectivity index (χ0n) is 9.85. The van der Waals surface area contributed by atoms with Crippen molar-refractivity contribution in [2.45, 2.75) is 6.18 Å². The molecule has 0 unspecified atom stereocenters. The SMILES string of the molecule is Cn1c(C(F)(F)F)cc(=O)n(-c2ccc(Cl)nn2)c1=O. The average Bonchev–Trinajstić information content (AvgIpc) is 2.35. The number of alkyl halides is 3. The first-order valence-electron chi connectivity index (χ1n) is 5.11. The highest BCUT2D eigenvalue weighted by Gasteiger charge is 2.35. The van der Waals surface area contributed by atoms with Gasteiger partial charge in [-0.2, -0.15) is 13.2 Å². The molecular formula is C10H6ClF3N4O2. The van der Waals surface area contributed by atoms with Gasteiger partial charge in [0.1, 0.15) is 5.69 Å². The molecular weight excluding hydrogens is 301 g/mol. The van der Waals surface area contributed by atoms with E-state index in [9.17, 15) is 22.8 Å². The van der Waals surface area contributed by atoms with E-state index in [0.717, 1.165) is 7.05 Å². The number of hydrogen-bond acceptors (Lipinski definition) is 4. The maximum absolute atomic E-state index is 12.6. The van der Waals surface area contributed by atoms with E-state index in [1.807, 2.05) is 0 Å². The van der Waals surface area contributed by atoms with Crippen LogP contribution in [-0.4, -0.2) is 19.3 Å². The van der Waals surface area contributed by atoms with Crippen LogP contribution in [0.5, 0.6) is 0 Å². The topological polar surface area (TPSA) is 69.8 Å². The molecule has 106 valence electrons. The van der Waals surface area contributed by atoms with Crippen molar-refractivity contribution in [3.05, 3.63) is 49.9 Å². The second-order valence-electron chi connectivity index (χ2n) is 3.76. The maximum Gasteiger partial charge on any atom is 0.431 e. The second-order valence-corrected chi connectivity index (χ2v) is 4.14. The molecule has 10 heteroatoms. The van der Waals surface area contributed by atoms with Gasteiger partial charge in [0, 0.05) is 13.1 Å². The van der Waals surface area contributed by atoms with E-state index in [2.05, 4.69) is 10.2 Å². The zero-order valence-corrected chi connectivity index (χ0v) is 10.6. The lowest BCUT2D eigenvalue weighted by Crippen LogP contribution is -2.41. The Labute approximate surface area is 114 Å². The minimum Gasteiger partial charge on any atom is -0.292 e. The summed E-state index contributed by atoms with van der Waals surface area (Å²) in [5.74, 6) is -0.214. The van der Waals surface area contributed by atoms with E-state index in [0.29, 0.717) is 15.2 Å². The van der Waals surface area contributed by atoms with Gasteiger partial charge in [-0.05, 0) is 12.1 Å². The molecule has 0 aliphatic heterocycles. The highest BCUT2D eigenvalue weighted by Crippen LogP contribution is 2.26. The van der Waals surface area contributed by atoms with Crippen molar-refractivity contribution >= 4 is 11.6 Å². The fourth-order valence-electron chi connectivity index (χ4n) is 1.54. The first kappa shape index (κ1) is 14.3. The predicted molar refractivity (Wildman–Crippen MR) is 62.9 cm³/mol. The van der Waals surface area contributed by atoms with Crippen molar-refractivity contribution in [1.29, 1.82) is 0 Å². The number of rotatable bonds is 1. The number of aromatic nitrogens is 4. The van der Waals surface area contributed by atoms with Crippen molar-refractivity contribution in [1.82, 2.24) is 19.3 Å². The van der Waals surface area contributed by atoms with Gasteiger partial charge in [-0.1, -0.05) is 11.6 Å². The summed E-state index contributed by atoms with van der Waals surface area (Å²) >= 11 is 5.50. The monoisotopic (exact) mass is 306 g/mol. The molecule has 0 radical (unpaired) electrons. The lowest BCUT2D eigenvalue weighted by atomic mass is 10.3. The number of halogens is 4. The first-order chi connectivity index (χ1) is 9.21. The molecule has 0 aliphatic rings. The van der Waals surface area contributed by atoms with Gasteiger partial charge >= 0.3 is 11.9 Å². The third-order valence-electron chi connectivity index (χ3n) is 2.46. The summed E-state index contributed by atoms with van der Waals surface area (Å²) in [5.41, 5.74) is -3.68. The Morgan fingerprint density at radius 2 is 1.85 bits per heavy atom. The molecule has 20 heavy (non-hydrogen) atoms. The molecule has 0 aromatic carbocycles. The van der Waals surface area contributed by atoms with Gasteiger partial charge in [0.25, 0.3) is 5.56 Å². The normalized spacial score (nSPS) is 11.7. The summed E-state index contributed by atoms with van der Waals surface area (Å²) < 4.78 is 38.7. The highest BCUT2D eigenvalue weighted by molar-refractivity contribution is 6.29. The van der Waals surface area contributed by atoms with Gasteiger partial charge in [0.15, 0.2) is 11.0 Å². The summed E-state index contributed by atoms with van der Waals surface area (Å²) in [6.07, 6.45) is -4.81. The molecule has 0 saturated carbocycles. The van der Waals surface area contributed by atoms with Crippen LogP contribution in [0.2, 0.25) is 5.15 Å². The van der Waals surface area contributed by atoms with Crippen LogP contribution in [0.3, 0.4) is 0 Å². The molecule has 2 heterocycles. The molecule has 2 aromatic rings. The van der Waals surface area contributed by atoms with Crippen LogP contribution in [0.25, 0.3) is 5.82 Å². The Balaban J connectivity index is 2.75. The molecule has 2 rings (SSSR count). The average molecular weight is 307 g/mol. The van der Waals surface area contributed by atoms with Crippen molar-refractivity contribution in [3.8, 4) is 5.82 Å².